The standard InChI is InChI=1S/C9H6BrF3O2/c1-4(14)6-2-5(15)3-7(10)8(6)9(11,12)13/h2-3,15H,1H3. The zero-order valence-electron chi connectivity index (χ0n) is 7.52. The van der Waals surface area contributed by atoms with Gasteiger partial charge in [0.15, 0.2) is 5.78 Å². The Morgan fingerprint density at radius 1 is 1.40 bits per heavy atom. The van der Waals surface area contributed by atoms with Crippen molar-refractivity contribution in [2.24, 2.45) is 0 Å². The lowest BCUT2D eigenvalue weighted by molar-refractivity contribution is -0.138. The molecule has 82 valence electrons. The number of phenols is 1. The molecule has 0 atom stereocenters. The van der Waals surface area contributed by atoms with Gasteiger partial charge in [-0.1, -0.05) is 15.9 Å². The molecule has 0 bridgehead atoms. The van der Waals surface area contributed by atoms with E-state index in [9.17, 15) is 18.0 Å². The van der Waals surface area contributed by atoms with Crippen LogP contribution in [0.2, 0.25) is 0 Å². The number of carbonyl (C=O) groups excluding carboxylic acids is 1. The van der Waals surface area contributed by atoms with Crippen LogP contribution in [0.25, 0.3) is 0 Å². The first-order valence-electron chi connectivity index (χ1n) is 3.84. The average molecular weight is 283 g/mol. The fraction of sp³-hybridized carbons (Fsp3) is 0.222. The number of hydrogen-bond donors (Lipinski definition) is 1. The van der Waals surface area contributed by atoms with Crippen molar-refractivity contribution in [3.8, 4) is 5.75 Å². The van der Waals surface area contributed by atoms with Crippen molar-refractivity contribution < 1.29 is 23.1 Å². The van der Waals surface area contributed by atoms with E-state index >= 15 is 0 Å². The molecule has 0 fully saturated rings. The van der Waals surface area contributed by atoms with Gasteiger partial charge in [-0.2, -0.15) is 13.2 Å². The number of alkyl halides is 3. The van der Waals surface area contributed by atoms with E-state index in [0.29, 0.717) is 0 Å². The first-order chi connectivity index (χ1) is 6.73. The summed E-state index contributed by atoms with van der Waals surface area (Å²) in [6, 6.07) is 1.70. The van der Waals surface area contributed by atoms with Gasteiger partial charge in [0.1, 0.15) is 5.75 Å². The lowest BCUT2D eigenvalue weighted by Gasteiger charge is -2.13. The third kappa shape index (κ3) is 2.50. The summed E-state index contributed by atoms with van der Waals surface area (Å²) in [4.78, 5) is 11.0. The number of phenolic OH excluding ortho intramolecular Hbond substituents is 1. The van der Waals surface area contributed by atoms with Crippen molar-refractivity contribution in [3.63, 3.8) is 0 Å². The maximum atomic E-state index is 12.5. The molecular weight excluding hydrogens is 277 g/mol. The molecular formula is C9H6BrF3O2. The Kier molecular flexibility index (Phi) is 3.08. The normalized spacial score (nSPS) is 11.5. The van der Waals surface area contributed by atoms with Crippen LogP contribution >= 0.6 is 15.9 Å². The first kappa shape index (κ1) is 12.0. The monoisotopic (exact) mass is 282 g/mol. The molecule has 1 rings (SSSR count). The number of Topliss-reactive ketones (excluding diaryl/α,β-unsaturated/α-hetero) is 1. The predicted octanol–water partition coefficient (Wildman–Crippen LogP) is 3.38. The Balaban J connectivity index is 3.55. The number of ketones is 1. The van der Waals surface area contributed by atoms with E-state index in [1.54, 1.807) is 0 Å². The summed E-state index contributed by atoms with van der Waals surface area (Å²) in [6.07, 6.45) is -4.63. The van der Waals surface area contributed by atoms with Crippen LogP contribution in [-0.2, 0) is 6.18 Å². The molecule has 1 N–H and O–H groups in total. The summed E-state index contributed by atoms with van der Waals surface area (Å²) < 4.78 is 37.3. The SMILES string of the molecule is CC(=O)c1cc(O)cc(Br)c1C(F)(F)F. The number of rotatable bonds is 1. The molecule has 0 aromatic heterocycles. The molecule has 15 heavy (non-hydrogen) atoms. The third-order valence-electron chi connectivity index (χ3n) is 1.74. The Morgan fingerprint density at radius 3 is 2.33 bits per heavy atom. The van der Waals surface area contributed by atoms with Crippen LogP contribution in [0.1, 0.15) is 22.8 Å². The lowest BCUT2D eigenvalue weighted by Crippen LogP contribution is -2.12. The van der Waals surface area contributed by atoms with Crippen molar-refractivity contribution in [3.05, 3.63) is 27.7 Å². The van der Waals surface area contributed by atoms with Crippen molar-refractivity contribution in [1.29, 1.82) is 0 Å². The molecule has 1 aromatic carbocycles. The fourth-order valence-corrected chi connectivity index (χ4v) is 1.83. The van der Waals surface area contributed by atoms with Crippen LogP contribution in [0.5, 0.6) is 5.75 Å². The zero-order chi connectivity index (χ0) is 11.8. The molecule has 0 spiro atoms. The Morgan fingerprint density at radius 2 is 1.93 bits per heavy atom. The molecule has 0 aliphatic carbocycles. The van der Waals surface area contributed by atoms with E-state index in [2.05, 4.69) is 15.9 Å². The average Bonchev–Trinajstić information content (AvgIpc) is 1.99. The molecule has 1 aromatic rings. The Labute approximate surface area is 91.8 Å². The van der Waals surface area contributed by atoms with Gasteiger partial charge in [0.25, 0.3) is 0 Å². The highest BCUT2D eigenvalue weighted by atomic mass is 79.9. The Hall–Kier alpha value is -1.04. The molecule has 0 aliphatic rings. The molecule has 0 saturated carbocycles. The fourth-order valence-electron chi connectivity index (χ4n) is 1.16. The minimum absolute atomic E-state index is 0.347. The zero-order valence-corrected chi connectivity index (χ0v) is 9.11. The summed E-state index contributed by atoms with van der Waals surface area (Å²) in [5.41, 5.74) is -1.61. The van der Waals surface area contributed by atoms with Gasteiger partial charge in [0, 0.05) is 10.0 Å². The largest absolute Gasteiger partial charge is 0.508 e. The smallest absolute Gasteiger partial charge is 0.418 e. The van der Waals surface area contributed by atoms with Gasteiger partial charge in [-0.25, -0.2) is 0 Å². The highest BCUT2D eigenvalue weighted by Crippen LogP contribution is 2.39. The maximum Gasteiger partial charge on any atom is 0.418 e. The Bertz CT molecular complexity index is 413. The summed E-state index contributed by atoms with van der Waals surface area (Å²) in [6.45, 7) is 1.01. The number of hydrogen-bond acceptors (Lipinski definition) is 2. The van der Waals surface area contributed by atoms with E-state index in [4.69, 9.17) is 5.11 Å². The van der Waals surface area contributed by atoms with E-state index in [-0.39, 0.29) is 10.2 Å². The van der Waals surface area contributed by atoms with Crippen LogP contribution in [0.15, 0.2) is 16.6 Å². The van der Waals surface area contributed by atoms with Crippen molar-refractivity contribution in [2.45, 2.75) is 13.1 Å². The van der Waals surface area contributed by atoms with Gasteiger partial charge in [0.2, 0.25) is 0 Å². The van der Waals surface area contributed by atoms with Crippen LogP contribution < -0.4 is 0 Å². The molecule has 0 saturated heterocycles. The molecule has 0 heterocycles. The molecule has 2 nitrogen and oxygen atoms in total. The molecule has 0 aliphatic heterocycles. The van der Waals surface area contributed by atoms with Gasteiger partial charge in [-0.05, 0) is 19.1 Å². The number of halogens is 4. The van der Waals surface area contributed by atoms with Gasteiger partial charge < -0.3 is 5.11 Å². The summed E-state index contributed by atoms with van der Waals surface area (Å²) in [5, 5.41) is 9.08. The lowest BCUT2D eigenvalue weighted by atomic mass is 10.0. The molecule has 0 amide bonds. The van der Waals surface area contributed by atoms with Gasteiger partial charge >= 0.3 is 6.18 Å². The first-order valence-corrected chi connectivity index (χ1v) is 4.63. The number of carbonyl (C=O) groups is 1. The van der Waals surface area contributed by atoms with E-state index in [1.807, 2.05) is 0 Å². The molecule has 6 heteroatoms. The predicted molar refractivity (Wildman–Crippen MR) is 50.8 cm³/mol. The second-order valence-corrected chi connectivity index (χ2v) is 3.76. The van der Waals surface area contributed by atoms with Crippen LogP contribution in [0.3, 0.4) is 0 Å². The van der Waals surface area contributed by atoms with Gasteiger partial charge in [-0.3, -0.25) is 4.79 Å². The summed E-state index contributed by atoms with van der Waals surface area (Å²) in [7, 11) is 0. The minimum atomic E-state index is -4.63. The quantitative estimate of drug-likeness (QED) is 0.802. The second-order valence-electron chi connectivity index (χ2n) is 2.90. The van der Waals surface area contributed by atoms with Crippen LogP contribution in [-0.4, -0.2) is 10.9 Å². The topological polar surface area (TPSA) is 37.3 Å². The summed E-state index contributed by atoms with van der Waals surface area (Å²) >= 11 is 2.67. The highest BCUT2D eigenvalue weighted by molar-refractivity contribution is 9.10. The van der Waals surface area contributed by atoms with Gasteiger partial charge in [-0.15, -0.1) is 0 Å². The van der Waals surface area contributed by atoms with Crippen LogP contribution in [0, 0.1) is 0 Å². The van der Waals surface area contributed by atoms with Crippen molar-refractivity contribution >= 4 is 21.7 Å². The van der Waals surface area contributed by atoms with Crippen LogP contribution in [0.4, 0.5) is 13.2 Å². The summed E-state index contributed by atoms with van der Waals surface area (Å²) in [5.74, 6) is -1.14. The maximum absolute atomic E-state index is 12.5. The van der Waals surface area contributed by atoms with Crippen molar-refractivity contribution in [2.75, 3.05) is 0 Å². The highest BCUT2D eigenvalue weighted by Gasteiger charge is 2.37. The number of aromatic hydroxyl groups is 1. The molecule has 0 radical (unpaired) electrons. The van der Waals surface area contributed by atoms with E-state index in [1.165, 1.54) is 0 Å². The third-order valence-corrected chi connectivity index (χ3v) is 2.36. The second kappa shape index (κ2) is 3.84. The van der Waals surface area contributed by atoms with Crippen molar-refractivity contribution in [1.82, 2.24) is 0 Å². The number of benzene rings is 1. The minimum Gasteiger partial charge on any atom is -0.508 e. The van der Waals surface area contributed by atoms with E-state index in [0.717, 1.165) is 19.1 Å². The van der Waals surface area contributed by atoms with E-state index < -0.39 is 23.1 Å². The molecule has 0 unspecified atom stereocenters. The van der Waals surface area contributed by atoms with Gasteiger partial charge in [0.05, 0.1) is 5.56 Å².